The molecule has 0 spiro atoms. The summed E-state index contributed by atoms with van der Waals surface area (Å²) in [5.74, 6) is -32.0. The third-order valence-electron chi connectivity index (χ3n) is 13.9. The molecule has 12 rings (SSSR count). The fraction of sp³-hybridized carbons (Fsp3) is 0.160. The summed E-state index contributed by atoms with van der Waals surface area (Å²) in [6.07, 6.45) is -14.8. The average molecular weight is 1080 g/mol. The standard InChI is InChI=1S/C50H32O28/c51-14-1-9-22-21-8-2-15(52)28(22)30(42(68)32(9)58)26-13(6-19(56)36(62)40(26)66)49(72)78-45-44-43(76-47(70)11-4-17(54)33(59)37(63)23(11)24-12(48(71)77-44)5-18(55)34(60)38(24)64)20(75-50(45)73)7-74-46(69)10-3-16(53)35(61)39(65)25(10)29(27(14)21)41(67)31(8)57/h3-6,20,43-45,50,53-68,73H,1-2,7H2. The van der Waals surface area contributed by atoms with Crippen LogP contribution in [0.25, 0.3) is 44.5 Å². The second-order valence-corrected chi connectivity index (χ2v) is 18.1. The lowest BCUT2D eigenvalue weighted by molar-refractivity contribution is -0.284. The van der Waals surface area contributed by atoms with Crippen LogP contribution in [0, 0.1) is 0 Å². The second kappa shape index (κ2) is 16.6. The largest absolute Gasteiger partial charge is 0.504 e. The van der Waals surface area contributed by atoms with Gasteiger partial charge in [-0.1, -0.05) is 0 Å². The van der Waals surface area contributed by atoms with Crippen LogP contribution in [0.5, 0.6) is 92.0 Å². The molecule has 78 heavy (non-hydrogen) atoms. The molecule has 6 aromatic rings. The Morgan fingerprint density at radius 3 is 1.01 bits per heavy atom. The highest BCUT2D eigenvalue weighted by atomic mass is 16.7. The van der Waals surface area contributed by atoms with E-state index in [0.29, 0.717) is 24.3 Å². The number of carbonyl (C=O) groups is 6. The van der Waals surface area contributed by atoms with E-state index < -0.39 is 267 Å². The number of hydrogen-bond donors (Lipinski definition) is 17. The van der Waals surface area contributed by atoms with Gasteiger partial charge in [-0.3, -0.25) is 9.59 Å². The van der Waals surface area contributed by atoms with Crippen LogP contribution in [0.15, 0.2) is 24.3 Å². The molecule has 0 amide bonds. The number of carbonyl (C=O) groups excluding carboxylic acids is 6. The summed E-state index contributed by atoms with van der Waals surface area (Å²) in [7, 11) is 0. The van der Waals surface area contributed by atoms with Gasteiger partial charge in [0.25, 0.3) is 0 Å². The Hall–Kier alpha value is -10.7. The number of hydrogen-bond acceptors (Lipinski definition) is 28. The summed E-state index contributed by atoms with van der Waals surface area (Å²) < 4.78 is 28.1. The molecule has 2 aliphatic carbocycles. The summed E-state index contributed by atoms with van der Waals surface area (Å²) in [6.45, 7) is -1.38. The minimum Gasteiger partial charge on any atom is -0.504 e. The molecule has 0 saturated carbocycles. The Kier molecular flexibility index (Phi) is 10.5. The van der Waals surface area contributed by atoms with Gasteiger partial charge in [0.2, 0.25) is 23.0 Å². The molecule has 28 heteroatoms. The second-order valence-electron chi connectivity index (χ2n) is 18.1. The zero-order valence-corrected chi connectivity index (χ0v) is 38.4. The maximum Gasteiger partial charge on any atom is 0.339 e. The van der Waals surface area contributed by atoms with Crippen molar-refractivity contribution in [2.24, 2.45) is 0 Å². The smallest absolute Gasteiger partial charge is 0.339 e. The molecule has 8 bridgehead atoms. The number of aliphatic hydroxyl groups excluding tert-OH is 1. The van der Waals surface area contributed by atoms with Crippen molar-refractivity contribution in [3.8, 4) is 136 Å². The van der Waals surface area contributed by atoms with Crippen LogP contribution in [0.4, 0.5) is 0 Å². The molecule has 0 radical (unpaired) electrons. The number of phenols is 16. The van der Waals surface area contributed by atoms with Crippen molar-refractivity contribution in [1.29, 1.82) is 0 Å². The molecule has 6 aliphatic rings. The molecule has 400 valence electrons. The van der Waals surface area contributed by atoms with Crippen molar-refractivity contribution in [3.63, 3.8) is 0 Å². The summed E-state index contributed by atoms with van der Waals surface area (Å²) in [5, 5.41) is 190. The molecule has 0 aromatic heterocycles. The molecule has 6 aromatic carbocycles. The highest BCUT2D eigenvalue weighted by molar-refractivity contribution is 6.25. The topological polar surface area (TPSA) is 492 Å². The van der Waals surface area contributed by atoms with E-state index in [1.54, 1.807) is 0 Å². The number of ether oxygens (including phenoxy) is 5. The zero-order chi connectivity index (χ0) is 56.3. The minimum atomic E-state index is -2.73. The Morgan fingerprint density at radius 2 is 0.641 bits per heavy atom. The third kappa shape index (κ3) is 6.59. The summed E-state index contributed by atoms with van der Waals surface area (Å²) >= 11 is 0. The number of phenolic OH excluding ortho intramolecular Hbond substituents is 16. The van der Waals surface area contributed by atoms with Gasteiger partial charge in [0, 0.05) is 79.6 Å². The molecule has 4 aliphatic heterocycles. The van der Waals surface area contributed by atoms with E-state index in [9.17, 15) is 116 Å². The van der Waals surface area contributed by atoms with Crippen molar-refractivity contribution in [1.82, 2.24) is 0 Å². The number of benzene rings is 6. The molecule has 5 unspecified atom stereocenters. The number of esters is 4. The first-order chi connectivity index (χ1) is 36.8. The van der Waals surface area contributed by atoms with Crippen LogP contribution in [-0.4, -0.2) is 160 Å². The molecule has 5 atom stereocenters. The SMILES string of the molecule is O=C1OC2C3COC(=O)c4cc(O)c(O)c(O)c4-c4c(O)c(O)c5c6c4C(=O)Cc4c(O)c(O)c(c(c4-6)C(=O)C5)-c4c(cc(O)c(O)c4O)C(=O)OC(C(O)O3)C2OC(=O)c2cc(O)c(O)c(O)c2-c2c1cc(O)c(O)c2O. The van der Waals surface area contributed by atoms with E-state index in [-0.39, 0.29) is 0 Å². The van der Waals surface area contributed by atoms with E-state index >= 15 is 0 Å². The van der Waals surface area contributed by atoms with Crippen molar-refractivity contribution in [2.75, 3.05) is 6.61 Å². The molecule has 28 nitrogen and oxygen atoms in total. The van der Waals surface area contributed by atoms with Crippen LogP contribution >= 0.6 is 0 Å². The van der Waals surface area contributed by atoms with Gasteiger partial charge in [-0.15, -0.1) is 0 Å². The first-order valence-electron chi connectivity index (χ1n) is 22.3. The molecule has 4 heterocycles. The quantitative estimate of drug-likeness (QED) is 0.0589. The lowest BCUT2D eigenvalue weighted by Crippen LogP contribution is -2.62. The van der Waals surface area contributed by atoms with Crippen molar-refractivity contribution in [2.45, 2.75) is 43.5 Å². The fourth-order valence-electron chi connectivity index (χ4n) is 10.4. The van der Waals surface area contributed by atoms with E-state index in [0.717, 1.165) is 0 Å². The van der Waals surface area contributed by atoms with Crippen LogP contribution in [-0.2, 0) is 36.5 Å². The van der Waals surface area contributed by atoms with Crippen LogP contribution in [0.2, 0.25) is 0 Å². The number of aliphatic hydroxyl groups is 1. The molecular weight excluding hydrogens is 1050 g/mol. The molecule has 1 fully saturated rings. The predicted octanol–water partition coefficient (Wildman–Crippen LogP) is 2.30. The van der Waals surface area contributed by atoms with Gasteiger partial charge in [-0.05, 0) is 24.3 Å². The van der Waals surface area contributed by atoms with Gasteiger partial charge >= 0.3 is 23.9 Å². The fourth-order valence-corrected chi connectivity index (χ4v) is 10.4. The first kappa shape index (κ1) is 49.5. The summed E-state index contributed by atoms with van der Waals surface area (Å²) in [6, 6.07) is 1.56. The Bertz CT molecular complexity index is 3890. The average Bonchev–Trinajstić information content (AvgIpc) is 2.67. The van der Waals surface area contributed by atoms with Crippen molar-refractivity contribution >= 4 is 35.4 Å². The molecule has 1 saturated heterocycles. The van der Waals surface area contributed by atoms with E-state index in [1.807, 2.05) is 0 Å². The lowest BCUT2D eigenvalue weighted by atomic mass is 9.69. The third-order valence-corrected chi connectivity index (χ3v) is 13.9. The van der Waals surface area contributed by atoms with Crippen LogP contribution < -0.4 is 0 Å². The van der Waals surface area contributed by atoms with Crippen LogP contribution in [0.1, 0.15) is 73.3 Å². The maximum absolute atomic E-state index is 14.8. The maximum atomic E-state index is 14.8. The number of rotatable bonds is 0. The van der Waals surface area contributed by atoms with E-state index in [1.165, 1.54) is 0 Å². The predicted molar refractivity (Wildman–Crippen MR) is 246 cm³/mol. The van der Waals surface area contributed by atoms with Gasteiger partial charge in [-0.25, -0.2) is 19.2 Å². The van der Waals surface area contributed by atoms with Crippen molar-refractivity contribution < 1.29 is 139 Å². The highest BCUT2D eigenvalue weighted by Crippen LogP contribution is 2.62. The monoisotopic (exact) mass is 1080 g/mol. The number of Topliss-reactive ketones (excluding diaryl/α,β-unsaturated/α-hetero) is 2. The Labute approximate surface area is 429 Å². The van der Waals surface area contributed by atoms with E-state index in [4.69, 9.17) is 23.7 Å². The zero-order valence-electron chi connectivity index (χ0n) is 38.4. The van der Waals surface area contributed by atoms with Gasteiger partial charge in [-0.2, -0.15) is 0 Å². The number of fused-ring (bicyclic) bond motifs is 7. The number of aromatic hydroxyl groups is 16. The summed E-state index contributed by atoms with van der Waals surface area (Å²) in [4.78, 5) is 87.5. The van der Waals surface area contributed by atoms with Gasteiger partial charge in [0.15, 0.2) is 105 Å². The minimum absolute atomic E-state index is 0.354. The van der Waals surface area contributed by atoms with Gasteiger partial charge in [0.05, 0.1) is 22.3 Å². The Balaban J connectivity index is 1.22. The van der Waals surface area contributed by atoms with Crippen molar-refractivity contribution in [3.05, 3.63) is 68.8 Å². The van der Waals surface area contributed by atoms with Crippen LogP contribution in [0.3, 0.4) is 0 Å². The lowest BCUT2D eigenvalue weighted by Gasteiger charge is -2.43. The molecular formula is C50H32O28. The van der Waals surface area contributed by atoms with Gasteiger partial charge in [0.1, 0.15) is 12.7 Å². The normalized spacial score (nSPS) is 20.1. The summed E-state index contributed by atoms with van der Waals surface area (Å²) in [5.41, 5.74) is -15.2. The highest BCUT2D eigenvalue weighted by Gasteiger charge is 2.55. The number of ketones is 2. The molecule has 17 N–H and O–H groups in total. The van der Waals surface area contributed by atoms with Gasteiger partial charge < -0.3 is 110 Å². The Morgan fingerprint density at radius 1 is 0.333 bits per heavy atom. The first-order valence-corrected chi connectivity index (χ1v) is 22.3. The van der Waals surface area contributed by atoms with E-state index in [2.05, 4.69) is 0 Å².